The molecule has 0 saturated carbocycles. The number of hydrogen-bond donors (Lipinski definition) is 2. The van der Waals surface area contributed by atoms with E-state index in [4.69, 9.17) is 11.6 Å². The van der Waals surface area contributed by atoms with Gasteiger partial charge in [0.2, 0.25) is 0 Å². The second kappa shape index (κ2) is 8.06. The summed E-state index contributed by atoms with van der Waals surface area (Å²) in [5.74, 6) is -0.228. The zero-order valence-corrected chi connectivity index (χ0v) is 15.5. The number of nitrogens with zero attached hydrogens (tertiary/aromatic N) is 2. The van der Waals surface area contributed by atoms with Gasteiger partial charge in [-0.2, -0.15) is 5.10 Å². The predicted molar refractivity (Wildman–Crippen MR) is 107 cm³/mol. The molecule has 0 aliphatic rings. The second-order valence-corrected chi connectivity index (χ2v) is 6.28. The van der Waals surface area contributed by atoms with E-state index in [1.165, 1.54) is 0 Å². The quantitative estimate of drug-likeness (QED) is 0.655. The van der Waals surface area contributed by atoms with Crippen LogP contribution in [0.4, 0.5) is 11.4 Å². The van der Waals surface area contributed by atoms with Crippen molar-refractivity contribution in [1.29, 1.82) is 0 Å². The number of amides is 1. The van der Waals surface area contributed by atoms with Crippen LogP contribution in [0.25, 0.3) is 11.3 Å². The number of nitrogens with one attached hydrogen (secondary N) is 2. The molecule has 134 valence electrons. The number of hydrogen-bond acceptors (Lipinski definition) is 3. The molecule has 6 heteroatoms. The van der Waals surface area contributed by atoms with Gasteiger partial charge in [-0.15, -0.1) is 0 Å². The topological polar surface area (TPSA) is 61.0 Å². The maximum atomic E-state index is 12.4. The van der Waals surface area contributed by atoms with E-state index < -0.39 is 0 Å². The molecule has 3 aromatic rings. The van der Waals surface area contributed by atoms with Gasteiger partial charge in [0.15, 0.2) is 0 Å². The summed E-state index contributed by atoms with van der Waals surface area (Å²) >= 11 is 5.90. The van der Waals surface area contributed by atoms with Crippen LogP contribution in [0.3, 0.4) is 0 Å². The molecule has 2 aromatic carbocycles. The molecule has 0 aliphatic heterocycles. The number of halogens is 1. The molecule has 0 radical (unpaired) electrons. The first-order chi connectivity index (χ1) is 12.6. The van der Waals surface area contributed by atoms with Gasteiger partial charge >= 0.3 is 0 Å². The largest absolute Gasteiger partial charge is 0.372 e. The Bertz CT molecular complexity index is 868. The van der Waals surface area contributed by atoms with E-state index in [1.807, 2.05) is 36.4 Å². The number of benzene rings is 2. The summed E-state index contributed by atoms with van der Waals surface area (Å²) in [6.45, 7) is 6.14. The van der Waals surface area contributed by atoms with E-state index in [0.717, 1.165) is 30.0 Å². The van der Waals surface area contributed by atoms with Crippen LogP contribution in [0.2, 0.25) is 5.02 Å². The Morgan fingerprint density at radius 3 is 2.35 bits per heavy atom. The smallest absolute Gasteiger partial charge is 0.273 e. The molecule has 1 aromatic heterocycles. The van der Waals surface area contributed by atoms with Gasteiger partial charge in [0, 0.05) is 35.1 Å². The van der Waals surface area contributed by atoms with Crippen molar-refractivity contribution in [3.8, 4) is 11.3 Å². The van der Waals surface area contributed by atoms with E-state index in [9.17, 15) is 4.79 Å². The fourth-order valence-corrected chi connectivity index (χ4v) is 2.88. The molecule has 0 spiro atoms. The van der Waals surface area contributed by atoms with Gasteiger partial charge in [-0.1, -0.05) is 23.7 Å². The highest BCUT2D eigenvalue weighted by atomic mass is 35.5. The van der Waals surface area contributed by atoms with Gasteiger partial charge in [0.1, 0.15) is 5.69 Å². The number of carbonyl (C=O) groups is 1. The van der Waals surface area contributed by atoms with E-state index in [0.29, 0.717) is 16.4 Å². The number of anilines is 2. The van der Waals surface area contributed by atoms with Gasteiger partial charge in [-0.3, -0.25) is 9.89 Å². The monoisotopic (exact) mass is 368 g/mol. The average molecular weight is 369 g/mol. The molecular weight excluding hydrogens is 348 g/mol. The third-order valence-corrected chi connectivity index (χ3v) is 4.47. The molecule has 0 atom stereocenters. The molecule has 0 bridgehead atoms. The summed E-state index contributed by atoms with van der Waals surface area (Å²) in [4.78, 5) is 14.7. The fourth-order valence-electron chi connectivity index (χ4n) is 2.75. The highest BCUT2D eigenvalue weighted by Gasteiger charge is 2.12. The molecule has 2 N–H and O–H groups in total. The number of carbonyl (C=O) groups excluding carboxylic acids is 1. The van der Waals surface area contributed by atoms with Crippen molar-refractivity contribution in [3.63, 3.8) is 0 Å². The van der Waals surface area contributed by atoms with Crippen LogP contribution in [-0.4, -0.2) is 29.2 Å². The van der Waals surface area contributed by atoms with E-state index in [-0.39, 0.29) is 5.91 Å². The summed E-state index contributed by atoms with van der Waals surface area (Å²) in [6.07, 6.45) is 0. The first kappa shape index (κ1) is 18.0. The van der Waals surface area contributed by atoms with Gasteiger partial charge in [0.05, 0.1) is 5.69 Å². The van der Waals surface area contributed by atoms with Crippen molar-refractivity contribution < 1.29 is 4.79 Å². The van der Waals surface area contributed by atoms with Gasteiger partial charge in [-0.05, 0) is 56.3 Å². The van der Waals surface area contributed by atoms with Crippen LogP contribution < -0.4 is 10.2 Å². The standard InChI is InChI=1S/C20H21ClN4O/c1-3-25(4-2)17-11-9-16(10-12-17)22-20(26)19-13-18(23-24-19)14-5-7-15(21)8-6-14/h5-13H,3-4H2,1-2H3,(H,22,26)(H,23,24). The Balaban J connectivity index is 1.69. The lowest BCUT2D eigenvalue weighted by Crippen LogP contribution is -2.21. The molecular formula is C20H21ClN4O. The molecule has 0 aliphatic carbocycles. The minimum Gasteiger partial charge on any atom is -0.372 e. The van der Waals surface area contributed by atoms with Crippen molar-refractivity contribution in [2.75, 3.05) is 23.3 Å². The minimum atomic E-state index is -0.228. The fraction of sp³-hybridized carbons (Fsp3) is 0.200. The minimum absolute atomic E-state index is 0.228. The lowest BCUT2D eigenvalue weighted by molar-refractivity contribution is 0.102. The molecule has 0 unspecified atom stereocenters. The number of aromatic amines is 1. The zero-order valence-electron chi connectivity index (χ0n) is 14.8. The number of H-pyrrole nitrogens is 1. The summed E-state index contributed by atoms with van der Waals surface area (Å²) in [7, 11) is 0. The Kier molecular flexibility index (Phi) is 5.58. The van der Waals surface area contributed by atoms with E-state index in [2.05, 4.69) is 34.3 Å². The van der Waals surface area contributed by atoms with Crippen molar-refractivity contribution in [2.45, 2.75) is 13.8 Å². The van der Waals surface area contributed by atoms with Crippen LogP contribution >= 0.6 is 11.6 Å². The summed E-state index contributed by atoms with van der Waals surface area (Å²) in [6, 6.07) is 16.9. The number of aromatic nitrogens is 2. The van der Waals surface area contributed by atoms with Crippen LogP contribution in [0.15, 0.2) is 54.6 Å². The Morgan fingerprint density at radius 2 is 1.73 bits per heavy atom. The lowest BCUT2D eigenvalue weighted by Gasteiger charge is -2.21. The van der Waals surface area contributed by atoms with Crippen LogP contribution in [0.5, 0.6) is 0 Å². The van der Waals surface area contributed by atoms with Crippen LogP contribution in [0, 0.1) is 0 Å². The van der Waals surface area contributed by atoms with Gasteiger partial charge in [0.25, 0.3) is 5.91 Å². The molecule has 0 fully saturated rings. The second-order valence-electron chi connectivity index (χ2n) is 5.85. The maximum absolute atomic E-state index is 12.4. The Hall–Kier alpha value is -2.79. The summed E-state index contributed by atoms with van der Waals surface area (Å²) < 4.78 is 0. The molecule has 1 amide bonds. The maximum Gasteiger partial charge on any atom is 0.273 e. The Labute approximate surface area is 158 Å². The predicted octanol–water partition coefficient (Wildman–Crippen LogP) is 4.83. The SMILES string of the molecule is CCN(CC)c1ccc(NC(=O)c2cc(-c3ccc(Cl)cc3)n[nH]2)cc1. The Morgan fingerprint density at radius 1 is 1.08 bits per heavy atom. The van der Waals surface area contributed by atoms with Crippen molar-refractivity contribution >= 4 is 28.9 Å². The van der Waals surface area contributed by atoms with Crippen LogP contribution in [0.1, 0.15) is 24.3 Å². The number of rotatable bonds is 6. The van der Waals surface area contributed by atoms with Crippen molar-refractivity contribution in [1.82, 2.24) is 10.2 Å². The summed E-state index contributed by atoms with van der Waals surface area (Å²) in [5, 5.41) is 10.5. The van der Waals surface area contributed by atoms with E-state index in [1.54, 1.807) is 18.2 Å². The molecule has 3 rings (SSSR count). The molecule has 26 heavy (non-hydrogen) atoms. The molecule has 5 nitrogen and oxygen atoms in total. The first-order valence-electron chi connectivity index (χ1n) is 8.58. The average Bonchev–Trinajstić information content (AvgIpc) is 3.15. The molecule has 1 heterocycles. The van der Waals surface area contributed by atoms with Crippen LogP contribution in [-0.2, 0) is 0 Å². The normalized spacial score (nSPS) is 10.6. The lowest BCUT2D eigenvalue weighted by atomic mass is 10.1. The summed E-state index contributed by atoms with van der Waals surface area (Å²) in [5.41, 5.74) is 3.88. The van der Waals surface area contributed by atoms with Gasteiger partial charge < -0.3 is 10.2 Å². The highest BCUT2D eigenvalue weighted by molar-refractivity contribution is 6.30. The highest BCUT2D eigenvalue weighted by Crippen LogP contribution is 2.21. The van der Waals surface area contributed by atoms with Gasteiger partial charge in [-0.25, -0.2) is 0 Å². The van der Waals surface area contributed by atoms with E-state index >= 15 is 0 Å². The van der Waals surface area contributed by atoms with Crippen molar-refractivity contribution in [3.05, 3.63) is 65.3 Å². The third-order valence-electron chi connectivity index (χ3n) is 4.22. The zero-order chi connectivity index (χ0) is 18.5. The molecule has 0 saturated heterocycles. The van der Waals surface area contributed by atoms with Crippen molar-refractivity contribution in [2.24, 2.45) is 0 Å². The first-order valence-corrected chi connectivity index (χ1v) is 8.96. The third kappa shape index (κ3) is 4.06.